The quantitative estimate of drug-likeness (QED) is 0.549. The Labute approximate surface area is 77.0 Å². The molecule has 1 rings (SSSR count). The van der Waals surface area contributed by atoms with Crippen LogP contribution in [-0.2, 0) is 10.1 Å². The van der Waals surface area contributed by atoms with E-state index in [0.29, 0.717) is 0 Å². The predicted octanol–water partition coefficient (Wildman–Crippen LogP) is 1.33. The number of hydrogen-bond donors (Lipinski definition) is 1. The van der Waals surface area contributed by atoms with Gasteiger partial charge in [-0.1, -0.05) is 11.6 Å². The fourth-order valence-corrected chi connectivity index (χ4v) is 2.52. The lowest BCUT2D eigenvalue weighted by Gasteiger charge is -2.12. The van der Waals surface area contributed by atoms with Crippen molar-refractivity contribution in [2.24, 2.45) is 0 Å². The Hall–Kier alpha value is -0.000000000000000111. The van der Waals surface area contributed by atoms with Crippen molar-refractivity contribution in [2.45, 2.75) is 12.8 Å². The summed E-state index contributed by atoms with van der Waals surface area (Å²) in [6, 6.07) is 0. The van der Waals surface area contributed by atoms with Gasteiger partial charge in [-0.15, -0.1) is 0 Å². The van der Waals surface area contributed by atoms with Crippen molar-refractivity contribution in [3.05, 3.63) is 11.6 Å². The Morgan fingerprint density at radius 3 is 2.83 bits per heavy atom. The molecule has 0 bridgehead atoms. The fourth-order valence-electron chi connectivity index (χ4n) is 1.06. The average molecular weight is 208 g/mol. The second-order valence-corrected chi connectivity index (χ2v) is 5.37. The van der Waals surface area contributed by atoms with Gasteiger partial charge in [0, 0.05) is 5.75 Å². The van der Waals surface area contributed by atoms with Crippen LogP contribution in [0.25, 0.3) is 0 Å². The molecule has 0 aromatic rings. The summed E-state index contributed by atoms with van der Waals surface area (Å²) >= 11 is 1.81. The maximum absolute atomic E-state index is 10.4. The lowest BCUT2D eigenvalue weighted by molar-refractivity contribution is 0.486. The van der Waals surface area contributed by atoms with E-state index in [9.17, 15) is 8.42 Å². The van der Waals surface area contributed by atoms with E-state index in [4.69, 9.17) is 4.55 Å². The highest BCUT2D eigenvalue weighted by Gasteiger charge is 2.07. The van der Waals surface area contributed by atoms with E-state index in [1.54, 1.807) is 6.08 Å². The van der Waals surface area contributed by atoms with Crippen LogP contribution in [0.15, 0.2) is 11.6 Å². The molecule has 1 heterocycles. The summed E-state index contributed by atoms with van der Waals surface area (Å²) in [5.41, 5.74) is 1.14. The van der Waals surface area contributed by atoms with Gasteiger partial charge in [-0.3, -0.25) is 4.55 Å². The highest BCUT2D eigenvalue weighted by Crippen LogP contribution is 2.21. The first-order chi connectivity index (χ1) is 5.58. The molecule has 1 aliphatic heterocycles. The Morgan fingerprint density at radius 2 is 2.33 bits per heavy atom. The van der Waals surface area contributed by atoms with Crippen LogP contribution >= 0.6 is 11.8 Å². The first kappa shape index (κ1) is 10.1. The van der Waals surface area contributed by atoms with Gasteiger partial charge in [-0.05, 0) is 18.6 Å². The van der Waals surface area contributed by atoms with Crippen LogP contribution in [-0.4, -0.2) is 30.2 Å². The third kappa shape index (κ3) is 4.13. The number of thioether (sulfide) groups is 1. The molecule has 1 aliphatic rings. The van der Waals surface area contributed by atoms with Crippen molar-refractivity contribution < 1.29 is 13.0 Å². The highest BCUT2D eigenvalue weighted by molar-refractivity contribution is 7.99. The van der Waals surface area contributed by atoms with E-state index < -0.39 is 10.1 Å². The molecular formula is C7H12O3S2. The van der Waals surface area contributed by atoms with Crippen LogP contribution in [0, 0.1) is 0 Å². The lowest BCUT2D eigenvalue weighted by Crippen LogP contribution is -2.05. The minimum absolute atomic E-state index is 0.233. The molecule has 0 radical (unpaired) electrons. The molecule has 1 saturated heterocycles. The number of hydrogen-bond acceptors (Lipinski definition) is 3. The monoisotopic (exact) mass is 208 g/mol. The van der Waals surface area contributed by atoms with Crippen molar-refractivity contribution in [1.82, 2.24) is 0 Å². The highest BCUT2D eigenvalue weighted by atomic mass is 32.2. The molecule has 0 atom stereocenters. The third-order valence-corrected chi connectivity index (χ3v) is 3.40. The molecule has 0 unspecified atom stereocenters. The minimum atomic E-state index is -3.81. The molecule has 12 heavy (non-hydrogen) atoms. The minimum Gasteiger partial charge on any atom is -0.285 e. The smallest absolute Gasteiger partial charge is 0.268 e. The first-order valence-corrected chi connectivity index (χ1v) is 6.55. The predicted molar refractivity (Wildman–Crippen MR) is 51.1 cm³/mol. The SMILES string of the molecule is O=S(=O)(O)C/C=C1\CCCSC1. The van der Waals surface area contributed by atoms with E-state index in [0.717, 1.165) is 29.9 Å². The Morgan fingerprint density at radius 1 is 1.58 bits per heavy atom. The molecule has 0 spiro atoms. The largest absolute Gasteiger partial charge is 0.285 e. The molecule has 0 amide bonds. The van der Waals surface area contributed by atoms with Crippen molar-refractivity contribution in [3.63, 3.8) is 0 Å². The maximum atomic E-state index is 10.4. The summed E-state index contributed by atoms with van der Waals surface area (Å²) < 4.78 is 29.2. The summed E-state index contributed by atoms with van der Waals surface area (Å²) in [6.45, 7) is 0. The van der Waals surface area contributed by atoms with E-state index in [1.807, 2.05) is 11.8 Å². The van der Waals surface area contributed by atoms with Crippen LogP contribution in [0.4, 0.5) is 0 Å². The Kier molecular flexibility index (Phi) is 3.61. The summed E-state index contributed by atoms with van der Waals surface area (Å²) in [7, 11) is -3.81. The Balaban J connectivity index is 2.45. The van der Waals surface area contributed by atoms with Gasteiger partial charge in [0.1, 0.15) is 0 Å². The summed E-state index contributed by atoms with van der Waals surface area (Å²) in [5, 5.41) is 0. The van der Waals surface area contributed by atoms with E-state index in [1.165, 1.54) is 0 Å². The molecular weight excluding hydrogens is 196 g/mol. The molecule has 3 nitrogen and oxygen atoms in total. The Bertz CT molecular complexity index is 258. The van der Waals surface area contributed by atoms with Crippen molar-refractivity contribution in [1.29, 1.82) is 0 Å². The van der Waals surface area contributed by atoms with Crippen molar-refractivity contribution in [2.75, 3.05) is 17.3 Å². The molecule has 0 aliphatic carbocycles. The second-order valence-electron chi connectivity index (χ2n) is 2.77. The third-order valence-electron chi connectivity index (χ3n) is 1.66. The molecule has 1 fully saturated rings. The van der Waals surface area contributed by atoms with Gasteiger partial charge in [-0.2, -0.15) is 20.2 Å². The molecule has 0 saturated carbocycles. The van der Waals surface area contributed by atoms with Gasteiger partial charge < -0.3 is 0 Å². The van der Waals surface area contributed by atoms with Gasteiger partial charge >= 0.3 is 0 Å². The lowest BCUT2D eigenvalue weighted by atomic mass is 10.2. The fraction of sp³-hybridized carbons (Fsp3) is 0.714. The summed E-state index contributed by atoms with van der Waals surface area (Å²) in [6.07, 6.45) is 3.71. The zero-order chi connectivity index (χ0) is 9.03. The molecule has 70 valence electrons. The van der Waals surface area contributed by atoms with Gasteiger partial charge in [0.05, 0.1) is 5.75 Å². The van der Waals surface area contributed by atoms with Crippen LogP contribution in [0.2, 0.25) is 0 Å². The van der Waals surface area contributed by atoms with Gasteiger partial charge in [0.2, 0.25) is 0 Å². The van der Waals surface area contributed by atoms with Gasteiger partial charge in [0.25, 0.3) is 10.1 Å². The molecule has 5 heteroatoms. The van der Waals surface area contributed by atoms with E-state index >= 15 is 0 Å². The normalized spacial score (nSPS) is 22.9. The average Bonchev–Trinajstić information content (AvgIpc) is 2.02. The van der Waals surface area contributed by atoms with E-state index in [2.05, 4.69) is 0 Å². The van der Waals surface area contributed by atoms with Crippen LogP contribution < -0.4 is 0 Å². The van der Waals surface area contributed by atoms with Gasteiger partial charge in [-0.25, -0.2) is 0 Å². The first-order valence-electron chi connectivity index (χ1n) is 3.79. The van der Waals surface area contributed by atoms with Crippen LogP contribution in [0.3, 0.4) is 0 Å². The maximum Gasteiger partial charge on any atom is 0.268 e. The molecule has 0 aromatic carbocycles. The topological polar surface area (TPSA) is 54.4 Å². The van der Waals surface area contributed by atoms with Gasteiger partial charge in [0.15, 0.2) is 0 Å². The van der Waals surface area contributed by atoms with Crippen LogP contribution in [0.5, 0.6) is 0 Å². The zero-order valence-electron chi connectivity index (χ0n) is 6.69. The summed E-state index contributed by atoms with van der Waals surface area (Å²) in [5.74, 6) is 1.83. The molecule has 0 aromatic heterocycles. The number of rotatable bonds is 2. The van der Waals surface area contributed by atoms with Crippen molar-refractivity contribution >= 4 is 21.9 Å². The summed E-state index contributed by atoms with van der Waals surface area (Å²) in [4.78, 5) is 0. The molecule has 1 N–H and O–H groups in total. The second kappa shape index (κ2) is 4.30. The van der Waals surface area contributed by atoms with Crippen molar-refractivity contribution in [3.8, 4) is 0 Å². The van der Waals surface area contributed by atoms with E-state index in [-0.39, 0.29) is 5.75 Å². The zero-order valence-corrected chi connectivity index (χ0v) is 8.33. The van der Waals surface area contributed by atoms with Crippen LogP contribution in [0.1, 0.15) is 12.8 Å². The standard InChI is InChI=1S/C7H12O3S2/c8-12(9,10)5-3-7-2-1-4-11-6-7/h3H,1-2,4-6H2,(H,8,9,10)/b7-3+.